The zero-order valence-electron chi connectivity index (χ0n) is 22.0. The lowest BCUT2D eigenvalue weighted by molar-refractivity contribution is -0.347. The monoisotopic (exact) mass is 544 g/mol. The van der Waals surface area contributed by atoms with E-state index in [1.165, 1.54) is 6.07 Å². The van der Waals surface area contributed by atoms with Gasteiger partial charge in [0.25, 0.3) is 5.60 Å². The van der Waals surface area contributed by atoms with Crippen LogP contribution >= 0.6 is 0 Å². The summed E-state index contributed by atoms with van der Waals surface area (Å²) in [6, 6.07) is 11.0. The predicted molar refractivity (Wildman–Crippen MR) is 134 cm³/mol. The molecule has 0 aromatic heterocycles. The number of benzene rings is 2. The minimum absolute atomic E-state index is 0.0956. The van der Waals surface area contributed by atoms with Crippen molar-refractivity contribution in [1.29, 1.82) is 0 Å². The first kappa shape index (κ1) is 30.0. The minimum atomic E-state index is -5.91. The Morgan fingerprint density at radius 1 is 0.921 bits per heavy atom. The summed E-state index contributed by atoms with van der Waals surface area (Å²) in [6.07, 6.45) is -7.85. The number of aryl methyl sites for hydroxylation is 2. The molecule has 0 aliphatic carbocycles. The van der Waals surface area contributed by atoms with Crippen LogP contribution < -0.4 is 4.74 Å². The summed E-state index contributed by atoms with van der Waals surface area (Å²) >= 11 is 0. The second kappa shape index (κ2) is 11.3. The van der Waals surface area contributed by atoms with Crippen molar-refractivity contribution in [2.24, 2.45) is 0 Å². The first-order valence-corrected chi connectivity index (χ1v) is 12.7. The molecule has 1 heterocycles. The van der Waals surface area contributed by atoms with Gasteiger partial charge in [0.05, 0.1) is 6.10 Å². The third-order valence-electron chi connectivity index (χ3n) is 7.57. The van der Waals surface area contributed by atoms with Crippen LogP contribution in [0.15, 0.2) is 42.5 Å². The Morgan fingerprint density at radius 2 is 1.50 bits per heavy atom. The highest BCUT2D eigenvalue weighted by atomic mass is 19.4. The predicted octanol–water partition coefficient (Wildman–Crippen LogP) is 7.84. The van der Waals surface area contributed by atoms with Crippen molar-refractivity contribution >= 4 is 6.08 Å². The highest BCUT2D eigenvalue weighted by Gasteiger charge is 2.68. The van der Waals surface area contributed by atoms with E-state index in [1.54, 1.807) is 19.1 Å². The van der Waals surface area contributed by atoms with Crippen molar-refractivity contribution in [2.75, 3.05) is 13.2 Å². The van der Waals surface area contributed by atoms with Gasteiger partial charge in [0.1, 0.15) is 12.4 Å². The van der Waals surface area contributed by atoms with E-state index in [2.05, 4.69) is 6.07 Å². The Balaban J connectivity index is 1.91. The zero-order valence-corrected chi connectivity index (χ0v) is 22.0. The Hall–Kier alpha value is -2.52. The van der Waals surface area contributed by atoms with Crippen LogP contribution in [-0.2, 0) is 10.2 Å². The smallest absolute Gasteiger partial charge is 0.430 e. The number of ether oxygens (including phenoxy) is 2. The Bertz CT molecular complexity index is 1110. The summed E-state index contributed by atoms with van der Waals surface area (Å²) in [5.74, 6) is 0.767. The van der Waals surface area contributed by atoms with Crippen LogP contribution in [0.5, 0.6) is 5.75 Å². The fourth-order valence-corrected chi connectivity index (χ4v) is 5.02. The third kappa shape index (κ3) is 5.88. The van der Waals surface area contributed by atoms with E-state index in [0.29, 0.717) is 18.2 Å². The van der Waals surface area contributed by atoms with Crippen LogP contribution in [-0.4, -0.2) is 42.4 Å². The molecule has 1 fully saturated rings. The van der Waals surface area contributed by atoms with Crippen LogP contribution in [0.4, 0.5) is 26.3 Å². The molecule has 38 heavy (non-hydrogen) atoms. The van der Waals surface area contributed by atoms with E-state index in [1.807, 2.05) is 32.9 Å². The van der Waals surface area contributed by atoms with Crippen molar-refractivity contribution in [3.63, 3.8) is 0 Å². The summed E-state index contributed by atoms with van der Waals surface area (Å²) in [5, 5.41) is 9.44. The molecule has 0 saturated carbocycles. The van der Waals surface area contributed by atoms with Crippen molar-refractivity contribution in [3.8, 4) is 5.75 Å². The number of alkyl halides is 6. The molecule has 0 amide bonds. The second-order valence-corrected chi connectivity index (χ2v) is 9.88. The molecule has 210 valence electrons. The van der Waals surface area contributed by atoms with Crippen LogP contribution in [0.2, 0.25) is 0 Å². The average Bonchev–Trinajstić information content (AvgIpc) is 3.36. The average molecular weight is 545 g/mol. The highest BCUT2D eigenvalue weighted by molar-refractivity contribution is 5.57. The number of rotatable bonds is 9. The van der Waals surface area contributed by atoms with Crippen molar-refractivity contribution in [2.45, 2.75) is 82.9 Å². The molecule has 1 atom stereocenters. The molecule has 0 unspecified atom stereocenters. The standard InChI is InChI=1S/C29H34F6O3/c1-5-26(6-2,23-11-12-25(20(4)17-23)38-18-24-8-7-15-37-24)22-10-9-21(19(3)16-22)13-14-27(36,28(30,31)32)29(33,34)35/h9-14,16-17,24,36H,5-8,15,18H2,1-4H3/b14-13+/t24-/m1/s1. The highest BCUT2D eigenvalue weighted by Crippen LogP contribution is 2.45. The Kier molecular flexibility index (Phi) is 8.93. The van der Waals surface area contributed by atoms with E-state index in [4.69, 9.17) is 9.47 Å². The van der Waals surface area contributed by atoms with E-state index in [0.717, 1.165) is 54.7 Å². The van der Waals surface area contributed by atoms with Gasteiger partial charge in [-0.1, -0.05) is 50.3 Å². The molecule has 2 aromatic rings. The molecule has 9 heteroatoms. The normalized spacial score (nSPS) is 17.4. The van der Waals surface area contributed by atoms with E-state index < -0.39 is 23.4 Å². The first-order valence-electron chi connectivity index (χ1n) is 12.7. The fraction of sp³-hybridized carbons (Fsp3) is 0.517. The van der Waals surface area contributed by atoms with Crippen molar-refractivity contribution < 1.29 is 40.9 Å². The number of hydrogen-bond donors (Lipinski definition) is 1. The molecule has 3 nitrogen and oxygen atoms in total. The third-order valence-corrected chi connectivity index (χ3v) is 7.57. The fourth-order valence-electron chi connectivity index (χ4n) is 5.02. The maximum atomic E-state index is 13.1. The Morgan fingerprint density at radius 3 is 1.97 bits per heavy atom. The summed E-state index contributed by atoms with van der Waals surface area (Å²) in [6.45, 7) is 8.89. The maximum Gasteiger partial charge on any atom is 0.430 e. The molecule has 2 aromatic carbocycles. The largest absolute Gasteiger partial charge is 0.491 e. The lowest BCUT2D eigenvalue weighted by atomic mass is 9.70. The van der Waals surface area contributed by atoms with Crippen LogP contribution in [0.1, 0.15) is 67.3 Å². The molecule has 1 aliphatic heterocycles. The first-order chi connectivity index (χ1) is 17.7. The molecule has 1 saturated heterocycles. The molecule has 1 aliphatic rings. The summed E-state index contributed by atoms with van der Waals surface area (Å²) < 4.78 is 89.9. The van der Waals surface area contributed by atoms with Gasteiger partial charge in [-0.3, -0.25) is 0 Å². The van der Waals surface area contributed by atoms with Gasteiger partial charge < -0.3 is 14.6 Å². The van der Waals surface area contributed by atoms with Gasteiger partial charge in [-0.15, -0.1) is 0 Å². The molecule has 3 rings (SSSR count). The second-order valence-electron chi connectivity index (χ2n) is 9.88. The summed E-state index contributed by atoms with van der Waals surface area (Å²) in [7, 11) is 0. The van der Waals surface area contributed by atoms with Crippen LogP contribution in [0.3, 0.4) is 0 Å². The quantitative estimate of drug-likeness (QED) is 0.327. The van der Waals surface area contributed by atoms with Crippen LogP contribution in [0, 0.1) is 13.8 Å². The number of aliphatic hydroxyl groups is 1. The van der Waals surface area contributed by atoms with E-state index in [-0.39, 0.29) is 17.7 Å². The van der Waals surface area contributed by atoms with Gasteiger partial charge in [-0.25, -0.2) is 0 Å². The van der Waals surface area contributed by atoms with Crippen molar-refractivity contribution in [1.82, 2.24) is 0 Å². The number of halogens is 6. The van der Waals surface area contributed by atoms with Gasteiger partial charge in [-0.05, 0) is 79.5 Å². The lowest BCUT2D eigenvalue weighted by Gasteiger charge is -2.34. The lowest BCUT2D eigenvalue weighted by Crippen LogP contribution is -2.55. The van der Waals surface area contributed by atoms with Crippen LogP contribution in [0.25, 0.3) is 6.08 Å². The van der Waals surface area contributed by atoms with Crippen molar-refractivity contribution in [3.05, 3.63) is 70.3 Å². The summed E-state index contributed by atoms with van der Waals surface area (Å²) in [5.41, 5.74) is -1.83. The van der Waals surface area contributed by atoms with Gasteiger partial charge in [-0.2, -0.15) is 26.3 Å². The molecule has 0 radical (unpaired) electrons. The summed E-state index contributed by atoms with van der Waals surface area (Å²) in [4.78, 5) is 0. The zero-order chi connectivity index (χ0) is 28.4. The van der Waals surface area contributed by atoms with Gasteiger partial charge >= 0.3 is 12.4 Å². The van der Waals surface area contributed by atoms with E-state index in [9.17, 15) is 31.4 Å². The minimum Gasteiger partial charge on any atom is -0.491 e. The molecule has 1 N–H and O–H groups in total. The van der Waals surface area contributed by atoms with E-state index >= 15 is 0 Å². The maximum absolute atomic E-state index is 13.1. The molecule has 0 spiro atoms. The Labute approximate surface area is 219 Å². The van der Waals surface area contributed by atoms with Gasteiger partial charge in [0, 0.05) is 12.0 Å². The molecular formula is C29H34F6O3. The topological polar surface area (TPSA) is 38.7 Å². The number of hydrogen-bond acceptors (Lipinski definition) is 3. The molecule has 0 bridgehead atoms. The van der Waals surface area contributed by atoms with Gasteiger partial charge in [0.2, 0.25) is 0 Å². The van der Waals surface area contributed by atoms with Gasteiger partial charge in [0.15, 0.2) is 0 Å². The molecular weight excluding hydrogens is 510 g/mol. The SMILES string of the molecule is CCC(CC)(c1ccc(/C=C/C(O)(C(F)(F)F)C(F)(F)F)c(C)c1)c1ccc(OC[C@H]2CCCO2)c(C)c1.